The first-order chi connectivity index (χ1) is 10.1. The first-order valence-electron chi connectivity index (χ1n) is 7.25. The highest BCUT2D eigenvalue weighted by Gasteiger charge is 2.29. The van der Waals surface area contributed by atoms with E-state index in [9.17, 15) is 4.79 Å². The van der Waals surface area contributed by atoms with Gasteiger partial charge < -0.3 is 15.8 Å². The van der Waals surface area contributed by atoms with Gasteiger partial charge in [0.1, 0.15) is 6.04 Å². The molecule has 21 heavy (non-hydrogen) atoms. The van der Waals surface area contributed by atoms with Crippen LogP contribution < -0.4 is 11.1 Å². The van der Waals surface area contributed by atoms with Crippen LogP contribution in [0.25, 0.3) is 0 Å². The van der Waals surface area contributed by atoms with Gasteiger partial charge in [-0.3, -0.25) is 9.69 Å². The number of halogens is 1. The Morgan fingerprint density at radius 1 is 1.57 bits per heavy atom. The standard InChI is InChI=1S/C15H22BrN3O2/c1-2-6-18-15(20)13-10-21-8-7-19(13)9-11-4-3-5-12(17)14(11)16/h3-5,13H,2,6-10,17H2,1H3,(H,18,20). The van der Waals surface area contributed by atoms with Crippen molar-refractivity contribution in [2.75, 3.05) is 32.0 Å². The molecule has 1 amide bonds. The van der Waals surface area contributed by atoms with Crippen molar-refractivity contribution in [3.8, 4) is 0 Å². The summed E-state index contributed by atoms with van der Waals surface area (Å²) in [6, 6.07) is 5.58. The molecule has 116 valence electrons. The number of nitrogens with two attached hydrogens (primary N) is 1. The van der Waals surface area contributed by atoms with E-state index in [2.05, 4.69) is 26.1 Å². The van der Waals surface area contributed by atoms with E-state index in [0.29, 0.717) is 32.0 Å². The van der Waals surface area contributed by atoms with Crippen LogP contribution in [0.15, 0.2) is 22.7 Å². The first kappa shape index (κ1) is 16.3. The molecule has 1 unspecified atom stereocenters. The second-order valence-electron chi connectivity index (χ2n) is 5.17. The molecule has 2 rings (SSSR count). The molecule has 1 aliphatic rings. The molecule has 3 N–H and O–H groups in total. The average Bonchev–Trinajstić information content (AvgIpc) is 2.50. The summed E-state index contributed by atoms with van der Waals surface area (Å²) >= 11 is 3.52. The fourth-order valence-corrected chi connectivity index (χ4v) is 2.77. The number of rotatable bonds is 5. The van der Waals surface area contributed by atoms with Gasteiger partial charge in [-0.25, -0.2) is 0 Å². The van der Waals surface area contributed by atoms with E-state index in [0.717, 1.165) is 23.0 Å². The Morgan fingerprint density at radius 2 is 2.38 bits per heavy atom. The van der Waals surface area contributed by atoms with Crippen molar-refractivity contribution in [2.45, 2.75) is 25.9 Å². The highest BCUT2D eigenvalue weighted by atomic mass is 79.9. The van der Waals surface area contributed by atoms with Crippen molar-refractivity contribution in [3.05, 3.63) is 28.2 Å². The number of amides is 1. The van der Waals surface area contributed by atoms with Crippen LogP contribution in [-0.4, -0.2) is 43.2 Å². The quantitative estimate of drug-likeness (QED) is 0.789. The fourth-order valence-electron chi connectivity index (χ4n) is 2.38. The van der Waals surface area contributed by atoms with Gasteiger partial charge in [0.15, 0.2) is 0 Å². The molecule has 0 aliphatic carbocycles. The van der Waals surface area contributed by atoms with Crippen LogP contribution >= 0.6 is 15.9 Å². The molecule has 0 bridgehead atoms. The highest BCUT2D eigenvalue weighted by Crippen LogP contribution is 2.26. The molecule has 1 atom stereocenters. The van der Waals surface area contributed by atoms with Crippen LogP contribution in [0.2, 0.25) is 0 Å². The zero-order valence-corrected chi connectivity index (χ0v) is 13.9. The lowest BCUT2D eigenvalue weighted by molar-refractivity contribution is -0.132. The van der Waals surface area contributed by atoms with E-state index in [-0.39, 0.29) is 11.9 Å². The Morgan fingerprint density at radius 3 is 3.14 bits per heavy atom. The number of nitrogens with one attached hydrogen (secondary N) is 1. The summed E-state index contributed by atoms with van der Waals surface area (Å²) in [6.45, 7) is 5.25. The number of carbonyl (C=O) groups excluding carboxylic acids is 1. The topological polar surface area (TPSA) is 67.6 Å². The summed E-state index contributed by atoms with van der Waals surface area (Å²) in [7, 11) is 0. The number of carbonyl (C=O) groups is 1. The third-order valence-corrected chi connectivity index (χ3v) is 4.54. The lowest BCUT2D eigenvalue weighted by atomic mass is 10.1. The van der Waals surface area contributed by atoms with Crippen LogP contribution in [0.1, 0.15) is 18.9 Å². The van der Waals surface area contributed by atoms with Gasteiger partial charge in [-0.05, 0) is 34.0 Å². The number of morpholine rings is 1. The maximum absolute atomic E-state index is 12.2. The van der Waals surface area contributed by atoms with E-state index in [1.807, 2.05) is 25.1 Å². The SMILES string of the molecule is CCCNC(=O)C1COCCN1Cc1cccc(N)c1Br. The Bertz CT molecular complexity index is 496. The molecule has 6 heteroatoms. The molecule has 1 aromatic carbocycles. The predicted octanol–water partition coefficient (Wildman–Crippen LogP) is 1.76. The minimum Gasteiger partial charge on any atom is -0.398 e. The van der Waals surface area contributed by atoms with Crippen LogP contribution in [0.3, 0.4) is 0 Å². The fraction of sp³-hybridized carbons (Fsp3) is 0.533. The van der Waals surface area contributed by atoms with Crippen molar-refractivity contribution in [1.29, 1.82) is 0 Å². The summed E-state index contributed by atoms with van der Waals surface area (Å²) in [5.41, 5.74) is 7.72. The minimum atomic E-state index is -0.237. The Balaban J connectivity index is 2.08. The minimum absolute atomic E-state index is 0.0385. The molecule has 1 aromatic rings. The maximum atomic E-state index is 12.2. The van der Waals surface area contributed by atoms with E-state index < -0.39 is 0 Å². The molecular weight excluding hydrogens is 334 g/mol. The molecular formula is C15H22BrN3O2. The zero-order chi connectivity index (χ0) is 15.2. The second kappa shape index (κ2) is 7.77. The van der Waals surface area contributed by atoms with Crippen molar-refractivity contribution in [2.24, 2.45) is 0 Å². The van der Waals surface area contributed by atoms with Gasteiger partial charge in [-0.15, -0.1) is 0 Å². The van der Waals surface area contributed by atoms with Gasteiger partial charge in [0, 0.05) is 29.8 Å². The Hall–Kier alpha value is -1.11. The third-order valence-electron chi connectivity index (χ3n) is 3.57. The second-order valence-corrected chi connectivity index (χ2v) is 5.97. The van der Waals surface area contributed by atoms with E-state index >= 15 is 0 Å². The Kier molecular flexibility index (Phi) is 6.02. The molecule has 1 fully saturated rings. The van der Waals surface area contributed by atoms with Crippen molar-refractivity contribution < 1.29 is 9.53 Å². The van der Waals surface area contributed by atoms with Crippen molar-refractivity contribution in [3.63, 3.8) is 0 Å². The summed E-state index contributed by atoms with van der Waals surface area (Å²) in [5.74, 6) is 0.0385. The summed E-state index contributed by atoms with van der Waals surface area (Å²) in [4.78, 5) is 14.4. The normalized spacial score (nSPS) is 19.4. The molecule has 0 spiro atoms. The van der Waals surface area contributed by atoms with Gasteiger partial charge >= 0.3 is 0 Å². The molecule has 1 aliphatic heterocycles. The average molecular weight is 356 g/mol. The summed E-state index contributed by atoms with van der Waals surface area (Å²) in [5, 5.41) is 2.95. The highest BCUT2D eigenvalue weighted by molar-refractivity contribution is 9.10. The number of nitrogens with zero attached hydrogens (tertiary/aromatic N) is 1. The van der Waals surface area contributed by atoms with Gasteiger partial charge in [0.2, 0.25) is 5.91 Å². The van der Waals surface area contributed by atoms with Crippen molar-refractivity contribution >= 4 is 27.5 Å². The molecule has 1 heterocycles. The molecule has 5 nitrogen and oxygen atoms in total. The van der Waals surface area contributed by atoms with Crippen LogP contribution in [0, 0.1) is 0 Å². The molecule has 0 aromatic heterocycles. The van der Waals surface area contributed by atoms with Crippen LogP contribution in [0.5, 0.6) is 0 Å². The number of hydrogen-bond donors (Lipinski definition) is 2. The summed E-state index contributed by atoms with van der Waals surface area (Å²) < 4.78 is 6.37. The predicted molar refractivity (Wildman–Crippen MR) is 86.9 cm³/mol. The zero-order valence-electron chi connectivity index (χ0n) is 12.3. The van der Waals surface area contributed by atoms with Gasteiger partial charge in [-0.2, -0.15) is 0 Å². The lowest BCUT2D eigenvalue weighted by Crippen LogP contribution is -2.53. The van der Waals surface area contributed by atoms with Gasteiger partial charge in [-0.1, -0.05) is 19.1 Å². The number of ether oxygens (including phenoxy) is 1. The monoisotopic (exact) mass is 355 g/mol. The number of benzene rings is 1. The number of anilines is 1. The van der Waals surface area contributed by atoms with Crippen LogP contribution in [0.4, 0.5) is 5.69 Å². The van der Waals surface area contributed by atoms with Gasteiger partial charge in [0.05, 0.1) is 13.2 Å². The van der Waals surface area contributed by atoms with Crippen molar-refractivity contribution in [1.82, 2.24) is 10.2 Å². The molecule has 1 saturated heterocycles. The van der Waals surface area contributed by atoms with E-state index in [1.165, 1.54) is 0 Å². The molecule has 0 saturated carbocycles. The maximum Gasteiger partial charge on any atom is 0.239 e. The molecule has 0 radical (unpaired) electrons. The lowest BCUT2D eigenvalue weighted by Gasteiger charge is -2.34. The van der Waals surface area contributed by atoms with Crippen LogP contribution in [-0.2, 0) is 16.1 Å². The third kappa shape index (κ3) is 4.18. The Labute approximate surface area is 134 Å². The number of nitrogen functional groups attached to an aromatic ring is 1. The number of hydrogen-bond acceptors (Lipinski definition) is 4. The van der Waals surface area contributed by atoms with E-state index in [1.54, 1.807) is 0 Å². The van der Waals surface area contributed by atoms with Gasteiger partial charge in [0.25, 0.3) is 0 Å². The summed E-state index contributed by atoms with van der Waals surface area (Å²) in [6.07, 6.45) is 0.931. The largest absolute Gasteiger partial charge is 0.398 e. The van der Waals surface area contributed by atoms with E-state index in [4.69, 9.17) is 10.5 Å². The smallest absolute Gasteiger partial charge is 0.239 e. The first-order valence-corrected chi connectivity index (χ1v) is 8.05.